The number of thioether (sulfide) groups is 1. The first kappa shape index (κ1) is 19.4. The molecule has 0 bridgehead atoms. The summed E-state index contributed by atoms with van der Waals surface area (Å²) in [4.78, 5) is 12.3. The molecule has 0 radical (unpaired) electrons. The first-order chi connectivity index (χ1) is 13.0. The zero-order valence-electron chi connectivity index (χ0n) is 15.2. The number of nitrogens with one attached hydrogen (secondary N) is 1. The van der Waals surface area contributed by atoms with Gasteiger partial charge in [-0.3, -0.25) is 4.79 Å². The number of ether oxygens (including phenoxy) is 1. The van der Waals surface area contributed by atoms with E-state index < -0.39 is 0 Å². The molecule has 1 heterocycles. The van der Waals surface area contributed by atoms with Crippen molar-refractivity contribution in [3.8, 4) is 17.1 Å². The summed E-state index contributed by atoms with van der Waals surface area (Å²) in [7, 11) is 3.50. The van der Waals surface area contributed by atoms with E-state index in [2.05, 4.69) is 31.4 Å². The number of aryl methyl sites for hydroxylation is 1. The Labute approximate surface area is 170 Å². The maximum absolute atomic E-state index is 12.3. The summed E-state index contributed by atoms with van der Waals surface area (Å²) in [5.41, 5.74) is 2.73. The van der Waals surface area contributed by atoms with Gasteiger partial charge in [-0.05, 0) is 52.7 Å². The Morgan fingerprint density at radius 2 is 2.04 bits per heavy atom. The average Bonchev–Trinajstić information content (AvgIpc) is 3.02. The number of nitrogens with zero attached hydrogens (tertiary/aromatic N) is 3. The van der Waals surface area contributed by atoms with Crippen molar-refractivity contribution in [1.82, 2.24) is 14.8 Å². The Kier molecular flexibility index (Phi) is 6.18. The smallest absolute Gasteiger partial charge is 0.234 e. The van der Waals surface area contributed by atoms with Gasteiger partial charge in [0.1, 0.15) is 5.75 Å². The highest BCUT2D eigenvalue weighted by molar-refractivity contribution is 9.10. The Morgan fingerprint density at radius 1 is 1.26 bits per heavy atom. The van der Waals surface area contributed by atoms with Crippen molar-refractivity contribution in [2.24, 2.45) is 7.05 Å². The highest BCUT2D eigenvalue weighted by Crippen LogP contribution is 2.30. The number of amides is 1. The number of carbonyl (C=O) groups is 1. The van der Waals surface area contributed by atoms with Crippen molar-refractivity contribution in [3.05, 3.63) is 52.5 Å². The fourth-order valence-corrected chi connectivity index (χ4v) is 3.85. The molecule has 0 unspecified atom stereocenters. The second-order valence-electron chi connectivity index (χ2n) is 5.89. The highest BCUT2D eigenvalue weighted by atomic mass is 79.9. The molecular formula is C19H19BrN4O2S. The summed E-state index contributed by atoms with van der Waals surface area (Å²) < 4.78 is 8.11. The van der Waals surface area contributed by atoms with Gasteiger partial charge in [-0.1, -0.05) is 30.0 Å². The Bertz CT molecular complexity index is 974. The quantitative estimate of drug-likeness (QED) is 0.571. The second kappa shape index (κ2) is 8.58. The maximum Gasteiger partial charge on any atom is 0.234 e. The second-order valence-corrected chi connectivity index (χ2v) is 7.68. The van der Waals surface area contributed by atoms with Gasteiger partial charge in [0.25, 0.3) is 0 Å². The lowest BCUT2D eigenvalue weighted by Gasteiger charge is -2.09. The fraction of sp³-hybridized carbons (Fsp3) is 0.211. The summed E-state index contributed by atoms with van der Waals surface area (Å²) in [6.07, 6.45) is 0. The molecule has 1 aromatic heterocycles. The molecule has 1 amide bonds. The van der Waals surface area contributed by atoms with Gasteiger partial charge in [0.15, 0.2) is 11.0 Å². The molecule has 140 valence electrons. The fourth-order valence-electron chi connectivity index (χ4n) is 2.54. The van der Waals surface area contributed by atoms with Crippen LogP contribution in [0.4, 0.5) is 5.69 Å². The van der Waals surface area contributed by atoms with E-state index in [-0.39, 0.29) is 11.7 Å². The molecule has 8 heteroatoms. The van der Waals surface area contributed by atoms with Crippen LogP contribution in [0.15, 0.2) is 52.1 Å². The molecule has 3 rings (SSSR count). The van der Waals surface area contributed by atoms with Crippen molar-refractivity contribution in [1.29, 1.82) is 0 Å². The summed E-state index contributed by atoms with van der Waals surface area (Å²) >= 11 is 4.80. The molecule has 6 nitrogen and oxygen atoms in total. The van der Waals surface area contributed by atoms with Crippen LogP contribution in [-0.4, -0.2) is 33.5 Å². The minimum atomic E-state index is -0.105. The van der Waals surface area contributed by atoms with Gasteiger partial charge in [-0.25, -0.2) is 0 Å². The molecule has 0 saturated carbocycles. The number of carbonyl (C=O) groups excluding carboxylic acids is 1. The molecular weight excluding hydrogens is 428 g/mol. The molecule has 0 fully saturated rings. The van der Waals surface area contributed by atoms with Gasteiger partial charge in [0.05, 0.1) is 24.1 Å². The van der Waals surface area contributed by atoms with Crippen LogP contribution in [0.25, 0.3) is 11.4 Å². The molecule has 0 aliphatic rings. The third-order valence-corrected chi connectivity index (χ3v) is 5.59. The number of hydrogen-bond acceptors (Lipinski definition) is 5. The topological polar surface area (TPSA) is 69.0 Å². The van der Waals surface area contributed by atoms with E-state index >= 15 is 0 Å². The minimum absolute atomic E-state index is 0.105. The van der Waals surface area contributed by atoms with Gasteiger partial charge in [0, 0.05) is 11.5 Å². The van der Waals surface area contributed by atoms with Crippen LogP contribution in [-0.2, 0) is 11.8 Å². The van der Waals surface area contributed by atoms with Crippen molar-refractivity contribution >= 4 is 39.3 Å². The van der Waals surface area contributed by atoms with E-state index in [0.717, 1.165) is 27.0 Å². The normalized spacial score (nSPS) is 10.7. The molecule has 0 saturated heterocycles. The first-order valence-electron chi connectivity index (χ1n) is 8.21. The number of aromatic nitrogens is 3. The number of para-hydroxylation sites is 1. The lowest BCUT2D eigenvalue weighted by atomic mass is 10.2. The van der Waals surface area contributed by atoms with E-state index in [4.69, 9.17) is 4.74 Å². The number of rotatable bonds is 6. The van der Waals surface area contributed by atoms with E-state index in [1.807, 2.05) is 61.0 Å². The standard InChI is InChI=1S/C19H19BrN4O2S/c1-12-8-9-15(14(20)10-12)21-17(25)11-27-19-23-22-18(24(19)2)13-6-4-5-7-16(13)26-3/h4-10H,11H2,1-3H3,(H,21,25). The van der Waals surface area contributed by atoms with Crippen LogP contribution >= 0.6 is 27.7 Å². The predicted molar refractivity (Wildman–Crippen MR) is 111 cm³/mol. The number of hydrogen-bond donors (Lipinski definition) is 1. The number of halogens is 1. The van der Waals surface area contributed by atoms with Crippen LogP contribution in [0.3, 0.4) is 0 Å². The molecule has 3 aromatic rings. The van der Waals surface area contributed by atoms with Crippen molar-refractivity contribution in [2.45, 2.75) is 12.1 Å². The molecule has 2 aromatic carbocycles. The van der Waals surface area contributed by atoms with E-state index in [0.29, 0.717) is 11.0 Å². The van der Waals surface area contributed by atoms with E-state index in [9.17, 15) is 4.79 Å². The van der Waals surface area contributed by atoms with Gasteiger partial charge >= 0.3 is 0 Å². The maximum atomic E-state index is 12.3. The molecule has 0 atom stereocenters. The van der Waals surface area contributed by atoms with Gasteiger partial charge < -0.3 is 14.6 Å². The Hall–Kier alpha value is -2.32. The van der Waals surface area contributed by atoms with Gasteiger partial charge in [-0.2, -0.15) is 0 Å². The molecule has 0 aliphatic heterocycles. The SMILES string of the molecule is COc1ccccc1-c1nnc(SCC(=O)Nc2ccc(C)cc2Br)n1C. The average molecular weight is 447 g/mol. The monoisotopic (exact) mass is 446 g/mol. The zero-order chi connectivity index (χ0) is 19.4. The van der Waals surface area contributed by atoms with Crippen LogP contribution in [0.5, 0.6) is 5.75 Å². The van der Waals surface area contributed by atoms with Crippen LogP contribution < -0.4 is 10.1 Å². The van der Waals surface area contributed by atoms with Crippen LogP contribution in [0, 0.1) is 6.92 Å². The van der Waals surface area contributed by atoms with Crippen LogP contribution in [0.2, 0.25) is 0 Å². The number of anilines is 1. The van der Waals surface area contributed by atoms with Gasteiger partial charge in [-0.15, -0.1) is 10.2 Å². The van der Waals surface area contributed by atoms with Crippen molar-refractivity contribution in [2.75, 3.05) is 18.2 Å². The number of benzene rings is 2. The lowest BCUT2D eigenvalue weighted by Crippen LogP contribution is -2.14. The van der Waals surface area contributed by atoms with E-state index in [1.54, 1.807) is 7.11 Å². The van der Waals surface area contributed by atoms with Gasteiger partial charge in [0.2, 0.25) is 5.91 Å². The summed E-state index contributed by atoms with van der Waals surface area (Å²) in [5.74, 6) is 1.55. The number of methoxy groups -OCH3 is 1. The molecule has 0 aliphatic carbocycles. The van der Waals surface area contributed by atoms with Crippen molar-refractivity contribution in [3.63, 3.8) is 0 Å². The molecule has 0 spiro atoms. The first-order valence-corrected chi connectivity index (χ1v) is 9.99. The Morgan fingerprint density at radius 3 is 2.78 bits per heavy atom. The third kappa shape index (κ3) is 4.51. The summed E-state index contributed by atoms with van der Waals surface area (Å²) in [6, 6.07) is 13.4. The predicted octanol–water partition coefficient (Wildman–Crippen LogP) is 4.29. The van der Waals surface area contributed by atoms with Crippen molar-refractivity contribution < 1.29 is 9.53 Å². The summed E-state index contributed by atoms with van der Waals surface area (Å²) in [5, 5.41) is 12.0. The largest absolute Gasteiger partial charge is 0.496 e. The van der Waals surface area contributed by atoms with E-state index in [1.165, 1.54) is 11.8 Å². The minimum Gasteiger partial charge on any atom is -0.496 e. The Balaban J connectivity index is 1.68. The summed E-state index contributed by atoms with van der Waals surface area (Å²) in [6.45, 7) is 2.00. The molecule has 27 heavy (non-hydrogen) atoms. The zero-order valence-corrected chi connectivity index (χ0v) is 17.6. The lowest BCUT2D eigenvalue weighted by molar-refractivity contribution is -0.113. The molecule has 1 N–H and O–H groups in total. The highest BCUT2D eigenvalue weighted by Gasteiger charge is 2.16. The third-order valence-electron chi connectivity index (χ3n) is 3.91. The van der Waals surface area contributed by atoms with Crippen LogP contribution in [0.1, 0.15) is 5.56 Å².